The van der Waals surface area contributed by atoms with Crippen LogP contribution in [0.25, 0.3) is 17.2 Å². The molecule has 0 unspecified atom stereocenters. The largest absolute Gasteiger partial charge is 0.351 e. The van der Waals surface area contributed by atoms with Crippen LogP contribution >= 0.6 is 11.6 Å². The SMILES string of the molecule is C/C=C\n1c(=NC)c(N2CCNCC2)nc2c(F)cc(Cl)cc21. The van der Waals surface area contributed by atoms with Crippen molar-refractivity contribution in [3.05, 3.63) is 34.5 Å². The fourth-order valence-corrected chi connectivity index (χ4v) is 3.02. The summed E-state index contributed by atoms with van der Waals surface area (Å²) in [4.78, 5) is 11.1. The number of hydrogen-bond donors (Lipinski definition) is 1. The average Bonchev–Trinajstić information content (AvgIpc) is 2.56. The van der Waals surface area contributed by atoms with E-state index in [0.29, 0.717) is 27.4 Å². The first-order chi connectivity index (χ1) is 11.2. The molecule has 0 amide bonds. The number of rotatable bonds is 2. The Morgan fingerprint density at radius 1 is 1.35 bits per heavy atom. The van der Waals surface area contributed by atoms with Crippen molar-refractivity contribution in [2.45, 2.75) is 6.92 Å². The van der Waals surface area contributed by atoms with E-state index in [-0.39, 0.29) is 0 Å². The maximum absolute atomic E-state index is 14.4. The molecule has 1 aromatic heterocycles. The molecule has 122 valence electrons. The van der Waals surface area contributed by atoms with E-state index in [2.05, 4.69) is 20.2 Å². The van der Waals surface area contributed by atoms with E-state index >= 15 is 0 Å². The number of fused-ring (bicyclic) bond motifs is 1. The van der Waals surface area contributed by atoms with Gasteiger partial charge in [-0.3, -0.25) is 9.56 Å². The summed E-state index contributed by atoms with van der Waals surface area (Å²) in [5.41, 5.74) is 1.60. The van der Waals surface area contributed by atoms with Crippen LogP contribution in [0.15, 0.2) is 23.2 Å². The molecule has 0 saturated carbocycles. The smallest absolute Gasteiger partial charge is 0.175 e. The van der Waals surface area contributed by atoms with E-state index in [9.17, 15) is 4.39 Å². The molecule has 1 saturated heterocycles. The van der Waals surface area contributed by atoms with Crippen LogP contribution in [0.5, 0.6) is 0 Å². The highest BCUT2D eigenvalue weighted by atomic mass is 35.5. The molecule has 1 aliphatic rings. The number of piperazine rings is 1. The molecule has 3 rings (SSSR count). The first-order valence-electron chi connectivity index (χ1n) is 7.58. The number of nitrogens with zero attached hydrogens (tertiary/aromatic N) is 4. The predicted molar refractivity (Wildman–Crippen MR) is 92.3 cm³/mol. The fraction of sp³-hybridized carbons (Fsp3) is 0.375. The molecule has 0 bridgehead atoms. The predicted octanol–water partition coefficient (Wildman–Crippen LogP) is 2.26. The molecule has 1 N–H and O–H groups in total. The minimum Gasteiger partial charge on any atom is -0.351 e. The van der Waals surface area contributed by atoms with Crippen LogP contribution in [0, 0.1) is 5.82 Å². The van der Waals surface area contributed by atoms with Gasteiger partial charge in [0.1, 0.15) is 5.52 Å². The molecule has 2 aromatic rings. The van der Waals surface area contributed by atoms with Crippen LogP contribution < -0.4 is 15.7 Å². The highest BCUT2D eigenvalue weighted by Gasteiger charge is 2.18. The van der Waals surface area contributed by atoms with E-state index in [1.54, 1.807) is 13.1 Å². The summed E-state index contributed by atoms with van der Waals surface area (Å²) in [6.45, 7) is 5.27. The van der Waals surface area contributed by atoms with Gasteiger partial charge >= 0.3 is 0 Å². The number of hydrogen-bond acceptors (Lipinski definition) is 4. The molecule has 5 nitrogen and oxygen atoms in total. The molecule has 0 atom stereocenters. The molecule has 2 heterocycles. The molecule has 0 spiro atoms. The van der Waals surface area contributed by atoms with Gasteiger partial charge in [-0.05, 0) is 19.1 Å². The van der Waals surface area contributed by atoms with Crippen molar-refractivity contribution in [2.75, 3.05) is 38.1 Å². The Balaban J connectivity index is 2.36. The van der Waals surface area contributed by atoms with Crippen LogP contribution in [0.3, 0.4) is 0 Å². The van der Waals surface area contributed by atoms with E-state index in [0.717, 1.165) is 26.2 Å². The maximum Gasteiger partial charge on any atom is 0.175 e. The average molecular weight is 336 g/mol. The second-order valence-electron chi connectivity index (χ2n) is 5.33. The Hall–Kier alpha value is -1.92. The normalized spacial score (nSPS) is 16.7. The van der Waals surface area contributed by atoms with E-state index < -0.39 is 5.82 Å². The van der Waals surface area contributed by atoms with Gasteiger partial charge < -0.3 is 10.2 Å². The van der Waals surface area contributed by atoms with Crippen molar-refractivity contribution in [2.24, 2.45) is 4.99 Å². The van der Waals surface area contributed by atoms with E-state index in [1.165, 1.54) is 6.07 Å². The lowest BCUT2D eigenvalue weighted by atomic mass is 10.2. The highest BCUT2D eigenvalue weighted by molar-refractivity contribution is 6.31. The number of nitrogens with one attached hydrogen (secondary N) is 1. The quantitative estimate of drug-likeness (QED) is 0.915. The highest BCUT2D eigenvalue weighted by Crippen LogP contribution is 2.23. The van der Waals surface area contributed by atoms with Gasteiger partial charge in [-0.25, -0.2) is 9.37 Å². The summed E-state index contributed by atoms with van der Waals surface area (Å²) in [5, 5.41) is 3.65. The summed E-state index contributed by atoms with van der Waals surface area (Å²) in [5.74, 6) is 0.269. The fourth-order valence-electron chi connectivity index (χ4n) is 2.82. The number of anilines is 1. The molecule has 7 heteroatoms. The van der Waals surface area contributed by atoms with Crippen LogP contribution in [0.2, 0.25) is 5.02 Å². The number of aromatic nitrogens is 2. The zero-order valence-corrected chi connectivity index (χ0v) is 13.9. The third-order valence-corrected chi connectivity index (χ3v) is 4.06. The van der Waals surface area contributed by atoms with Gasteiger partial charge in [-0.2, -0.15) is 0 Å². The molecule has 1 aliphatic heterocycles. The third-order valence-electron chi connectivity index (χ3n) is 3.84. The maximum atomic E-state index is 14.4. The standard InChI is InChI=1S/C16H19ClFN5/c1-3-6-23-13-10-11(17)9-12(18)14(13)21-16(15(23)19-2)22-7-4-20-5-8-22/h3,6,9-10,20H,4-5,7-8H2,1-2H3/b6-3-,19-15?. The van der Waals surface area contributed by atoms with Gasteiger partial charge in [-0.15, -0.1) is 0 Å². The van der Waals surface area contributed by atoms with Crippen LogP contribution in [-0.2, 0) is 0 Å². The van der Waals surface area contributed by atoms with Crippen molar-refractivity contribution in [1.82, 2.24) is 14.9 Å². The van der Waals surface area contributed by atoms with Crippen molar-refractivity contribution in [1.29, 1.82) is 0 Å². The molecular formula is C16H19ClFN5. The van der Waals surface area contributed by atoms with Crippen molar-refractivity contribution in [3.8, 4) is 0 Å². The van der Waals surface area contributed by atoms with Crippen LogP contribution in [-0.4, -0.2) is 42.8 Å². The summed E-state index contributed by atoms with van der Waals surface area (Å²) in [6, 6.07) is 3.00. The Labute approximate surface area is 139 Å². The molecule has 0 radical (unpaired) electrons. The number of allylic oxidation sites excluding steroid dienone is 1. The van der Waals surface area contributed by atoms with Gasteiger partial charge in [-0.1, -0.05) is 17.7 Å². The Kier molecular flexibility index (Phi) is 4.63. The number of halogens is 2. The zero-order valence-electron chi connectivity index (χ0n) is 13.2. The summed E-state index contributed by atoms with van der Waals surface area (Å²) < 4.78 is 16.2. The van der Waals surface area contributed by atoms with E-state index in [4.69, 9.17) is 11.6 Å². The number of benzene rings is 1. The Bertz CT molecular complexity index is 821. The minimum absolute atomic E-state index is 0.299. The van der Waals surface area contributed by atoms with Crippen molar-refractivity contribution in [3.63, 3.8) is 0 Å². The lowest BCUT2D eigenvalue weighted by Crippen LogP contribution is -2.46. The summed E-state index contributed by atoms with van der Waals surface area (Å²) >= 11 is 6.03. The van der Waals surface area contributed by atoms with Gasteiger partial charge in [0.2, 0.25) is 0 Å². The van der Waals surface area contributed by atoms with Gasteiger partial charge in [0.05, 0.1) is 5.52 Å². The topological polar surface area (TPSA) is 45.5 Å². The lowest BCUT2D eigenvalue weighted by Gasteiger charge is -2.29. The summed E-state index contributed by atoms with van der Waals surface area (Å²) in [6.07, 6.45) is 3.74. The lowest BCUT2D eigenvalue weighted by molar-refractivity contribution is 0.581. The van der Waals surface area contributed by atoms with E-state index in [1.807, 2.05) is 23.8 Å². The first kappa shape index (κ1) is 16.0. The molecule has 0 aliphatic carbocycles. The minimum atomic E-state index is -0.426. The van der Waals surface area contributed by atoms with Gasteiger partial charge in [0.25, 0.3) is 0 Å². The molecule has 1 aromatic carbocycles. The van der Waals surface area contributed by atoms with Crippen molar-refractivity contribution >= 4 is 34.7 Å². The van der Waals surface area contributed by atoms with Gasteiger partial charge in [0.15, 0.2) is 17.1 Å². The Morgan fingerprint density at radius 3 is 2.74 bits per heavy atom. The van der Waals surface area contributed by atoms with Crippen molar-refractivity contribution < 1.29 is 4.39 Å². The third kappa shape index (κ3) is 2.96. The molecular weight excluding hydrogens is 317 g/mol. The second-order valence-corrected chi connectivity index (χ2v) is 5.76. The van der Waals surface area contributed by atoms with Gasteiger partial charge in [0, 0.05) is 44.4 Å². The monoisotopic (exact) mass is 335 g/mol. The summed E-state index contributed by atoms with van der Waals surface area (Å²) in [7, 11) is 1.72. The zero-order chi connectivity index (χ0) is 16.4. The molecule has 23 heavy (non-hydrogen) atoms. The Morgan fingerprint density at radius 2 is 2.09 bits per heavy atom. The van der Waals surface area contributed by atoms with Crippen LogP contribution in [0.1, 0.15) is 6.92 Å². The first-order valence-corrected chi connectivity index (χ1v) is 7.96. The molecule has 1 fully saturated rings. The second kappa shape index (κ2) is 6.68. The van der Waals surface area contributed by atoms with Crippen LogP contribution in [0.4, 0.5) is 10.2 Å².